The zero-order chi connectivity index (χ0) is 16.1. The number of pyridine rings is 1. The van der Waals surface area contributed by atoms with E-state index in [1.807, 2.05) is 19.2 Å². The lowest BCUT2D eigenvalue weighted by atomic mass is 10.2. The highest BCUT2D eigenvalue weighted by molar-refractivity contribution is 5.94. The molecule has 1 aliphatic heterocycles. The van der Waals surface area contributed by atoms with Crippen molar-refractivity contribution in [1.29, 1.82) is 0 Å². The van der Waals surface area contributed by atoms with Crippen molar-refractivity contribution in [3.05, 3.63) is 42.4 Å². The molecule has 1 amide bonds. The normalized spacial score (nSPS) is 16.9. The topological polar surface area (TPSA) is 72.3 Å². The van der Waals surface area contributed by atoms with Gasteiger partial charge in [-0.25, -0.2) is 9.67 Å². The number of nitrogens with one attached hydrogen (secondary N) is 1. The molecule has 1 atom stereocenters. The van der Waals surface area contributed by atoms with E-state index >= 15 is 0 Å². The van der Waals surface area contributed by atoms with Gasteiger partial charge in [-0.3, -0.25) is 9.69 Å². The minimum atomic E-state index is -0.106. The molecule has 1 fully saturated rings. The van der Waals surface area contributed by atoms with Crippen LogP contribution in [0.1, 0.15) is 17.3 Å². The van der Waals surface area contributed by atoms with Gasteiger partial charge in [-0.15, -0.1) is 0 Å². The van der Waals surface area contributed by atoms with Crippen LogP contribution in [0.2, 0.25) is 0 Å². The summed E-state index contributed by atoms with van der Waals surface area (Å²) in [5, 5.41) is 7.13. The number of carbonyl (C=O) groups is 1. The molecule has 1 saturated heterocycles. The maximum atomic E-state index is 12.3. The van der Waals surface area contributed by atoms with E-state index < -0.39 is 0 Å². The van der Waals surface area contributed by atoms with Gasteiger partial charge in [0.2, 0.25) is 0 Å². The van der Waals surface area contributed by atoms with Crippen molar-refractivity contribution >= 4 is 5.91 Å². The number of carbonyl (C=O) groups excluding carboxylic acids is 1. The summed E-state index contributed by atoms with van der Waals surface area (Å²) in [4.78, 5) is 18.9. The predicted octanol–water partition coefficient (Wildman–Crippen LogP) is 0.718. The molecule has 0 unspecified atom stereocenters. The van der Waals surface area contributed by atoms with Gasteiger partial charge in [0.15, 0.2) is 5.82 Å². The van der Waals surface area contributed by atoms with Crippen molar-refractivity contribution in [2.75, 3.05) is 32.8 Å². The summed E-state index contributed by atoms with van der Waals surface area (Å²) in [7, 11) is 0. The molecule has 3 rings (SSSR count). The van der Waals surface area contributed by atoms with Gasteiger partial charge in [-0.05, 0) is 25.1 Å². The fraction of sp³-hybridized carbons (Fsp3) is 0.438. The Kier molecular flexibility index (Phi) is 4.99. The molecule has 1 aliphatic rings. The number of ether oxygens (including phenoxy) is 1. The molecule has 0 saturated carbocycles. The fourth-order valence-corrected chi connectivity index (χ4v) is 2.58. The maximum absolute atomic E-state index is 12.3. The molecule has 0 spiro atoms. The predicted molar refractivity (Wildman–Crippen MR) is 85.5 cm³/mol. The van der Waals surface area contributed by atoms with Crippen LogP contribution >= 0.6 is 0 Å². The number of rotatable bonds is 5. The molecule has 1 N–H and O–H groups in total. The Morgan fingerprint density at radius 2 is 2.22 bits per heavy atom. The average Bonchev–Trinajstić information content (AvgIpc) is 3.10. The Bertz CT molecular complexity index is 620. The molecular weight excluding hydrogens is 294 g/mol. The number of aromatic nitrogens is 3. The summed E-state index contributed by atoms with van der Waals surface area (Å²) in [6.45, 7) is 6.20. The first-order valence-corrected chi connectivity index (χ1v) is 7.79. The van der Waals surface area contributed by atoms with Crippen LogP contribution in [0.3, 0.4) is 0 Å². The largest absolute Gasteiger partial charge is 0.379 e. The van der Waals surface area contributed by atoms with E-state index in [1.54, 1.807) is 29.2 Å². The third kappa shape index (κ3) is 4.14. The quantitative estimate of drug-likeness (QED) is 0.880. The standard InChI is InChI=1S/C16H21N5O2/c1-13(12-20-7-9-23-10-8-20)19-16(22)14-3-4-15(17-11-14)21-6-2-5-18-21/h2-6,11,13H,7-10,12H2,1H3,(H,19,22)/t13-/m1/s1. The van der Waals surface area contributed by atoms with Crippen molar-refractivity contribution in [2.45, 2.75) is 13.0 Å². The first kappa shape index (κ1) is 15.6. The molecule has 3 heterocycles. The molecule has 7 nitrogen and oxygen atoms in total. The molecular formula is C16H21N5O2. The summed E-state index contributed by atoms with van der Waals surface area (Å²) in [5.41, 5.74) is 0.551. The van der Waals surface area contributed by atoms with E-state index in [2.05, 4.69) is 20.3 Å². The van der Waals surface area contributed by atoms with Gasteiger partial charge < -0.3 is 10.1 Å². The Labute approximate surface area is 135 Å². The number of nitrogens with zero attached hydrogens (tertiary/aromatic N) is 4. The van der Waals surface area contributed by atoms with Gasteiger partial charge in [-0.2, -0.15) is 5.10 Å². The van der Waals surface area contributed by atoms with E-state index in [4.69, 9.17) is 4.74 Å². The van der Waals surface area contributed by atoms with Crippen molar-refractivity contribution in [1.82, 2.24) is 25.0 Å². The zero-order valence-electron chi connectivity index (χ0n) is 13.2. The molecule has 0 radical (unpaired) electrons. The first-order valence-electron chi connectivity index (χ1n) is 7.79. The second kappa shape index (κ2) is 7.34. The smallest absolute Gasteiger partial charge is 0.253 e. The SMILES string of the molecule is C[C@H](CN1CCOCC1)NC(=O)c1ccc(-n2cccn2)nc1. The van der Waals surface area contributed by atoms with Crippen molar-refractivity contribution in [3.63, 3.8) is 0 Å². The van der Waals surface area contributed by atoms with Crippen LogP contribution in [-0.4, -0.2) is 64.5 Å². The van der Waals surface area contributed by atoms with Gasteiger partial charge in [0.25, 0.3) is 5.91 Å². The lowest BCUT2D eigenvalue weighted by Crippen LogP contribution is -2.46. The highest BCUT2D eigenvalue weighted by atomic mass is 16.5. The highest BCUT2D eigenvalue weighted by Gasteiger charge is 2.16. The van der Waals surface area contributed by atoms with E-state index in [0.29, 0.717) is 11.4 Å². The van der Waals surface area contributed by atoms with Crippen LogP contribution in [0.15, 0.2) is 36.8 Å². The van der Waals surface area contributed by atoms with Crippen LogP contribution < -0.4 is 5.32 Å². The summed E-state index contributed by atoms with van der Waals surface area (Å²) < 4.78 is 6.98. The lowest BCUT2D eigenvalue weighted by molar-refractivity contribution is 0.0342. The Morgan fingerprint density at radius 1 is 1.39 bits per heavy atom. The first-order chi connectivity index (χ1) is 11.2. The zero-order valence-corrected chi connectivity index (χ0v) is 13.2. The van der Waals surface area contributed by atoms with Crippen LogP contribution in [-0.2, 0) is 4.74 Å². The van der Waals surface area contributed by atoms with E-state index in [-0.39, 0.29) is 11.9 Å². The maximum Gasteiger partial charge on any atom is 0.253 e. The minimum absolute atomic E-state index is 0.0754. The van der Waals surface area contributed by atoms with Gasteiger partial charge in [0.1, 0.15) is 0 Å². The molecule has 0 aromatic carbocycles. The fourth-order valence-electron chi connectivity index (χ4n) is 2.58. The van der Waals surface area contributed by atoms with E-state index in [1.165, 1.54) is 0 Å². The van der Waals surface area contributed by atoms with Crippen LogP contribution in [0.5, 0.6) is 0 Å². The van der Waals surface area contributed by atoms with Crippen LogP contribution in [0, 0.1) is 0 Å². The Morgan fingerprint density at radius 3 is 2.87 bits per heavy atom. The number of hydrogen-bond acceptors (Lipinski definition) is 5. The number of hydrogen-bond donors (Lipinski definition) is 1. The Balaban J connectivity index is 1.55. The third-order valence-electron chi connectivity index (χ3n) is 3.76. The molecule has 2 aromatic rings. The van der Waals surface area contributed by atoms with Crippen molar-refractivity contribution in [2.24, 2.45) is 0 Å². The minimum Gasteiger partial charge on any atom is -0.379 e. The van der Waals surface area contributed by atoms with E-state index in [9.17, 15) is 4.79 Å². The van der Waals surface area contributed by atoms with Crippen molar-refractivity contribution < 1.29 is 9.53 Å². The van der Waals surface area contributed by atoms with Gasteiger partial charge in [0, 0.05) is 44.3 Å². The molecule has 122 valence electrons. The summed E-state index contributed by atoms with van der Waals surface area (Å²) >= 11 is 0. The van der Waals surface area contributed by atoms with Crippen molar-refractivity contribution in [3.8, 4) is 5.82 Å². The van der Waals surface area contributed by atoms with Crippen LogP contribution in [0.25, 0.3) is 5.82 Å². The summed E-state index contributed by atoms with van der Waals surface area (Å²) in [6.07, 6.45) is 5.08. The van der Waals surface area contributed by atoms with E-state index in [0.717, 1.165) is 32.8 Å². The monoisotopic (exact) mass is 315 g/mol. The molecule has 0 aliphatic carbocycles. The number of amides is 1. The second-order valence-electron chi connectivity index (χ2n) is 5.64. The third-order valence-corrected chi connectivity index (χ3v) is 3.76. The summed E-state index contributed by atoms with van der Waals surface area (Å²) in [5.74, 6) is 0.582. The van der Waals surface area contributed by atoms with Crippen LogP contribution in [0.4, 0.5) is 0 Å². The molecule has 23 heavy (non-hydrogen) atoms. The molecule has 0 bridgehead atoms. The van der Waals surface area contributed by atoms with Gasteiger partial charge >= 0.3 is 0 Å². The Hall–Kier alpha value is -2.25. The van der Waals surface area contributed by atoms with Gasteiger partial charge in [0.05, 0.1) is 18.8 Å². The molecule has 2 aromatic heterocycles. The summed E-state index contributed by atoms with van der Waals surface area (Å²) in [6, 6.07) is 5.46. The average molecular weight is 315 g/mol. The molecule has 7 heteroatoms. The second-order valence-corrected chi connectivity index (χ2v) is 5.64. The lowest BCUT2D eigenvalue weighted by Gasteiger charge is -2.29. The highest BCUT2D eigenvalue weighted by Crippen LogP contribution is 2.05. The number of morpholine rings is 1. The van der Waals surface area contributed by atoms with Gasteiger partial charge in [-0.1, -0.05) is 0 Å².